The molecule has 3 aromatic rings. The molecule has 0 aliphatic carbocycles. The normalized spacial score (nSPS) is 18.4. The van der Waals surface area contributed by atoms with Crippen LogP contribution < -0.4 is 10.6 Å². The average molecular weight is 546 g/mol. The molecule has 0 radical (unpaired) electrons. The summed E-state index contributed by atoms with van der Waals surface area (Å²) >= 11 is 0. The fourth-order valence-corrected chi connectivity index (χ4v) is 5.95. The standard InChI is InChI=1S/C32H47N7O/c1-33-29-8-5-4-7-28(29)32(35-14-18-39-16-11-27(40)12-17-39)31-24-25-23-26(9-10-30(25)37(31)3)34-13-6-15-38-21-19-36(2)20-22-38/h4-5,7-10,23-24,27,33-34,40H,6,11-22H2,1-3H3. The van der Waals surface area contributed by atoms with E-state index in [1.165, 1.54) is 42.8 Å². The van der Waals surface area contributed by atoms with Crippen molar-refractivity contribution in [1.29, 1.82) is 0 Å². The lowest BCUT2D eigenvalue weighted by molar-refractivity contribution is 0.0841. The minimum Gasteiger partial charge on any atom is -0.393 e. The molecule has 0 unspecified atom stereocenters. The van der Waals surface area contributed by atoms with E-state index >= 15 is 0 Å². The van der Waals surface area contributed by atoms with Crippen LogP contribution in [0.3, 0.4) is 0 Å². The van der Waals surface area contributed by atoms with Gasteiger partial charge in [0.05, 0.1) is 24.1 Å². The smallest absolute Gasteiger partial charge is 0.0904 e. The Bertz CT molecular complexity index is 1270. The van der Waals surface area contributed by atoms with Crippen LogP contribution in [0.15, 0.2) is 53.5 Å². The van der Waals surface area contributed by atoms with Gasteiger partial charge in [0.1, 0.15) is 0 Å². The van der Waals surface area contributed by atoms with Gasteiger partial charge in [-0.1, -0.05) is 18.2 Å². The highest BCUT2D eigenvalue weighted by Gasteiger charge is 2.19. The molecule has 0 saturated carbocycles. The molecule has 0 spiro atoms. The molecule has 5 rings (SSSR count). The summed E-state index contributed by atoms with van der Waals surface area (Å²) in [5.74, 6) is 0. The summed E-state index contributed by atoms with van der Waals surface area (Å²) in [5, 5.41) is 18.1. The zero-order chi connectivity index (χ0) is 27.9. The Balaban J connectivity index is 1.31. The second kappa shape index (κ2) is 13.6. The van der Waals surface area contributed by atoms with Gasteiger partial charge in [0, 0.05) is 94.3 Å². The van der Waals surface area contributed by atoms with Crippen molar-refractivity contribution in [3.05, 3.63) is 59.8 Å². The molecule has 0 bridgehead atoms. The number of nitrogens with one attached hydrogen (secondary N) is 2. The highest BCUT2D eigenvalue weighted by Crippen LogP contribution is 2.27. The van der Waals surface area contributed by atoms with Gasteiger partial charge in [-0.2, -0.15) is 0 Å². The molecule has 2 aliphatic heterocycles. The number of aryl methyl sites for hydroxylation is 1. The second-order valence-corrected chi connectivity index (χ2v) is 11.4. The third-order valence-corrected chi connectivity index (χ3v) is 8.56. The number of aromatic nitrogens is 1. The highest BCUT2D eigenvalue weighted by atomic mass is 16.3. The van der Waals surface area contributed by atoms with Crippen molar-refractivity contribution in [2.45, 2.75) is 25.4 Å². The first kappa shape index (κ1) is 28.6. The molecule has 3 heterocycles. The van der Waals surface area contributed by atoms with Crippen LogP contribution in [-0.4, -0.2) is 116 Å². The number of nitrogens with zero attached hydrogens (tertiary/aromatic N) is 5. The lowest BCUT2D eigenvalue weighted by Gasteiger charge is -2.32. The molecule has 2 saturated heterocycles. The van der Waals surface area contributed by atoms with Crippen molar-refractivity contribution in [3.8, 4) is 0 Å². The quantitative estimate of drug-likeness (QED) is 0.253. The Morgan fingerprint density at radius 3 is 2.45 bits per heavy atom. The number of hydrogen-bond acceptors (Lipinski definition) is 7. The van der Waals surface area contributed by atoms with E-state index in [0.29, 0.717) is 0 Å². The van der Waals surface area contributed by atoms with Crippen LogP contribution in [0.25, 0.3) is 10.9 Å². The molecule has 2 aliphatic rings. The molecule has 2 aromatic carbocycles. The molecule has 0 amide bonds. The first-order valence-corrected chi connectivity index (χ1v) is 15.0. The lowest BCUT2D eigenvalue weighted by Crippen LogP contribution is -2.44. The molecule has 0 atom stereocenters. The maximum absolute atomic E-state index is 9.87. The van der Waals surface area contributed by atoms with E-state index in [0.717, 1.165) is 81.2 Å². The van der Waals surface area contributed by atoms with Crippen LogP contribution >= 0.6 is 0 Å². The molecular weight excluding hydrogens is 498 g/mol. The van der Waals surface area contributed by atoms with E-state index in [1.807, 2.05) is 7.05 Å². The van der Waals surface area contributed by atoms with Gasteiger partial charge in [0.15, 0.2) is 0 Å². The molecule has 1 aromatic heterocycles. The van der Waals surface area contributed by atoms with Gasteiger partial charge in [-0.15, -0.1) is 0 Å². The summed E-state index contributed by atoms with van der Waals surface area (Å²) in [7, 11) is 6.32. The van der Waals surface area contributed by atoms with Crippen molar-refractivity contribution in [3.63, 3.8) is 0 Å². The largest absolute Gasteiger partial charge is 0.393 e. The van der Waals surface area contributed by atoms with Gasteiger partial charge in [-0.25, -0.2) is 0 Å². The zero-order valence-corrected chi connectivity index (χ0v) is 24.6. The Morgan fingerprint density at radius 1 is 0.925 bits per heavy atom. The van der Waals surface area contributed by atoms with Crippen LogP contribution in [-0.2, 0) is 7.05 Å². The third-order valence-electron chi connectivity index (χ3n) is 8.56. The minimum atomic E-state index is -0.148. The van der Waals surface area contributed by atoms with E-state index in [4.69, 9.17) is 4.99 Å². The van der Waals surface area contributed by atoms with Crippen LogP contribution in [0.1, 0.15) is 30.5 Å². The summed E-state index contributed by atoms with van der Waals surface area (Å²) < 4.78 is 2.27. The Kier molecular flexibility index (Phi) is 9.75. The predicted molar refractivity (Wildman–Crippen MR) is 168 cm³/mol. The Labute approximate surface area is 239 Å². The monoisotopic (exact) mass is 545 g/mol. The number of benzene rings is 2. The number of aliphatic hydroxyl groups is 1. The third kappa shape index (κ3) is 7.04. The van der Waals surface area contributed by atoms with E-state index in [1.54, 1.807) is 0 Å². The molecule has 3 N–H and O–H groups in total. The fraction of sp³-hybridized carbons (Fsp3) is 0.531. The van der Waals surface area contributed by atoms with Crippen molar-refractivity contribution in [1.82, 2.24) is 19.3 Å². The van der Waals surface area contributed by atoms with E-state index in [-0.39, 0.29) is 6.10 Å². The first-order chi connectivity index (χ1) is 19.5. The number of fused-ring (bicyclic) bond motifs is 1. The Hall–Kier alpha value is -2.91. The molecule has 8 heteroatoms. The number of likely N-dealkylation sites (tertiary alicyclic amines) is 1. The number of likely N-dealkylation sites (N-methyl/N-ethyl adjacent to an activating group) is 1. The molecule has 8 nitrogen and oxygen atoms in total. The van der Waals surface area contributed by atoms with E-state index in [9.17, 15) is 5.11 Å². The van der Waals surface area contributed by atoms with Gasteiger partial charge in [0.25, 0.3) is 0 Å². The predicted octanol–water partition coefficient (Wildman–Crippen LogP) is 3.56. The van der Waals surface area contributed by atoms with Crippen molar-refractivity contribution in [2.75, 3.05) is 90.2 Å². The number of piperazine rings is 1. The van der Waals surface area contributed by atoms with E-state index < -0.39 is 0 Å². The molecule has 216 valence electrons. The molecule has 2 fully saturated rings. The average Bonchev–Trinajstić information content (AvgIpc) is 3.30. The van der Waals surface area contributed by atoms with Gasteiger partial charge < -0.3 is 35.0 Å². The van der Waals surface area contributed by atoms with E-state index in [2.05, 4.69) is 92.5 Å². The lowest BCUT2D eigenvalue weighted by atomic mass is 10.0. The summed E-state index contributed by atoms with van der Waals surface area (Å²) in [5.41, 5.74) is 6.71. The molecular formula is C32H47N7O. The summed E-state index contributed by atoms with van der Waals surface area (Å²) in [6, 6.07) is 17.4. The SMILES string of the molecule is CNc1ccccc1C(=NCCN1CCC(O)CC1)c1cc2cc(NCCCN3CCN(C)CC3)ccc2n1C. The summed E-state index contributed by atoms with van der Waals surface area (Å²) in [6.45, 7) is 10.4. The van der Waals surface area contributed by atoms with Gasteiger partial charge in [-0.3, -0.25) is 4.99 Å². The van der Waals surface area contributed by atoms with Crippen LogP contribution in [0.5, 0.6) is 0 Å². The maximum atomic E-state index is 9.87. The summed E-state index contributed by atoms with van der Waals surface area (Å²) in [6.07, 6.45) is 2.71. The number of para-hydroxylation sites is 1. The number of anilines is 2. The number of aliphatic imine (C=N–C) groups is 1. The first-order valence-electron chi connectivity index (χ1n) is 15.0. The van der Waals surface area contributed by atoms with Crippen LogP contribution in [0.4, 0.5) is 11.4 Å². The van der Waals surface area contributed by atoms with Crippen molar-refractivity contribution >= 4 is 28.0 Å². The highest BCUT2D eigenvalue weighted by molar-refractivity contribution is 6.17. The number of hydrogen-bond donors (Lipinski definition) is 3. The summed E-state index contributed by atoms with van der Waals surface area (Å²) in [4.78, 5) is 12.6. The van der Waals surface area contributed by atoms with Crippen LogP contribution in [0.2, 0.25) is 0 Å². The molecule has 40 heavy (non-hydrogen) atoms. The minimum absolute atomic E-state index is 0.148. The topological polar surface area (TPSA) is 71.3 Å². The second-order valence-electron chi connectivity index (χ2n) is 11.4. The zero-order valence-electron chi connectivity index (χ0n) is 24.6. The number of piperidine rings is 1. The van der Waals surface area contributed by atoms with Gasteiger partial charge >= 0.3 is 0 Å². The number of aliphatic hydroxyl groups excluding tert-OH is 1. The van der Waals surface area contributed by atoms with Crippen LogP contribution in [0, 0.1) is 0 Å². The maximum Gasteiger partial charge on any atom is 0.0904 e. The number of rotatable bonds is 11. The van der Waals surface area contributed by atoms with Gasteiger partial charge in [-0.05, 0) is 63.2 Å². The fourth-order valence-electron chi connectivity index (χ4n) is 5.95. The van der Waals surface area contributed by atoms with Crippen molar-refractivity contribution in [2.24, 2.45) is 12.0 Å². The Morgan fingerprint density at radius 2 is 1.68 bits per heavy atom. The van der Waals surface area contributed by atoms with Crippen molar-refractivity contribution < 1.29 is 5.11 Å². The van der Waals surface area contributed by atoms with Gasteiger partial charge in [0.2, 0.25) is 0 Å².